The molecule has 2 rings (SSSR count). The zero-order valence-corrected chi connectivity index (χ0v) is 22.5. The molecule has 1 aliphatic rings. The molecule has 34 heavy (non-hydrogen) atoms. The molecule has 7 nitrogen and oxygen atoms in total. The lowest BCUT2D eigenvalue weighted by Gasteiger charge is -2.37. The minimum atomic E-state index is -0.814. The number of ether oxygens (including phenoxy) is 1. The van der Waals surface area contributed by atoms with Gasteiger partial charge in [-0.25, -0.2) is 4.79 Å². The SMILES string of the molecule is Cc1cccc(C(C(=O)NC(C)(C)C)N(C(=O)C(NC(=O)OC(C)(C)C)C(C)C)C2CC2)c1C. The summed E-state index contributed by atoms with van der Waals surface area (Å²) in [6.07, 6.45) is 1.01. The van der Waals surface area contributed by atoms with Gasteiger partial charge in [0.05, 0.1) is 0 Å². The van der Waals surface area contributed by atoms with Gasteiger partial charge in [0, 0.05) is 11.6 Å². The van der Waals surface area contributed by atoms with Gasteiger partial charge in [-0.1, -0.05) is 32.0 Å². The Morgan fingerprint density at radius 1 is 1.03 bits per heavy atom. The maximum atomic E-state index is 14.0. The summed E-state index contributed by atoms with van der Waals surface area (Å²) in [6.45, 7) is 18.9. The minimum Gasteiger partial charge on any atom is -0.444 e. The smallest absolute Gasteiger partial charge is 0.408 e. The van der Waals surface area contributed by atoms with Gasteiger partial charge in [-0.15, -0.1) is 0 Å². The number of benzene rings is 1. The van der Waals surface area contributed by atoms with Crippen molar-refractivity contribution in [2.75, 3.05) is 0 Å². The first kappa shape index (κ1) is 27.7. The topological polar surface area (TPSA) is 87.7 Å². The molecule has 0 heterocycles. The van der Waals surface area contributed by atoms with E-state index in [-0.39, 0.29) is 23.8 Å². The zero-order chi connectivity index (χ0) is 26.0. The van der Waals surface area contributed by atoms with E-state index in [0.29, 0.717) is 0 Å². The van der Waals surface area contributed by atoms with Crippen LogP contribution >= 0.6 is 0 Å². The minimum absolute atomic E-state index is 0.0511. The van der Waals surface area contributed by atoms with E-state index in [2.05, 4.69) is 10.6 Å². The number of rotatable bonds is 7. The first-order valence-corrected chi connectivity index (χ1v) is 12.2. The Morgan fingerprint density at radius 3 is 2.09 bits per heavy atom. The third-order valence-corrected chi connectivity index (χ3v) is 5.77. The highest BCUT2D eigenvalue weighted by Crippen LogP contribution is 2.37. The maximum absolute atomic E-state index is 14.0. The molecule has 0 aromatic heterocycles. The van der Waals surface area contributed by atoms with Crippen molar-refractivity contribution in [3.63, 3.8) is 0 Å². The van der Waals surface area contributed by atoms with Crippen molar-refractivity contribution in [2.45, 2.75) is 111 Å². The van der Waals surface area contributed by atoms with Gasteiger partial charge in [0.25, 0.3) is 0 Å². The van der Waals surface area contributed by atoms with Crippen LogP contribution in [0.15, 0.2) is 18.2 Å². The lowest BCUT2D eigenvalue weighted by Crippen LogP contribution is -2.56. The predicted octanol–water partition coefficient (Wildman–Crippen LogP) is 4.80. The van der Waals surface area contributed by atoms with E-state index in [1.54, 1.807) is 25.7 Å². The molecule has 1 aliphatic carbocycles. The van der Waals surface area contributed by atoms with E-state index in [1.807, 2.05) is 66.7 Å². The molecule has 1 aromatic rings. The molecule has 0 aliphatic heterocycles. The Labute approximate surface area is 205 Å². The number of aryl methyl sites for hydroxylation is 1. The lowest BCUT2D eigenvalue weighted by molar-refractivity contribution is -0.144. The van der Waals surface area contributed by atoms with Crippen molar-refractivity contribution >= 4 is 17.9 Å². The summed E-state index contributed by atoms with van der Waals surface area (Å²) < 4.78 is 5.42. The molecule has 0 spiro atoms. The van der Waals surface area contributed by atoms with Crippen molar-refractivity contribution in [2.24, 2.45) is 5.92 Å². The standard InChI is InChI=1S/C27H43N3O4/c1-16(2)21(28-25(33)34-27(8,9)10)24(32)30(19-14-15-19)22(23(31)29-26(5,6)7)20-13-11-12-17(3)18(20)4/h11-13,16,19,21-22H,14-15H2,1-10H3,(H,28,33)(H,29,31). The summed E-state index contributed by atoms with van der Waals surface area (Å²) in [7, 11) is 0. The summed E-state index contributed by atoms with van der Waals surface area (Å²) in [5.41, 5.74) is 1.70. The van der Waals surface area contributed by atoms with Crippen molar-refractivity contribution in [1.82, 2.24) is 15.5 Å². The summed E-state index contributed by atoms with van der Waals surface area (Å²) in [5.74, 6) is -0.675. The summed E-state index contributed by atoms with van der Waals surface area (Å²) in [5, 5.41) is 5.85. The number of hydrogen-bond acceptors (Lipinski definition) is 4. The second kappa shape index (κ2) is 10.4. The van der Waals surface area contributed by atoms with Gasteiger partial charge < -0.3 is 20.3 Å². The van der Waals surface area contributed by atoms with Gasteiger partial charge in [0.1, 0.15) is 17.7 Å². The van der Waals surface area contributed by atoms with Crippen LogP contribution in [0.1, 0.15) is 91.0 Å². The second-order valence-electron chi connectivity index (χ2n) is 11.8. The molecule has 3 amide bonds. The fourth-order valence-corrected chi connectivity index (χ4v) is 3.90. The van der Waals surface area contributed by atoms with Crippen LogP contribution in [0, 0.1) is 19.8 Å². The van der Waals surface area contributed by atoms with Crippen LogP contribution in [-0.2, 0) is 14.3 Å². The van der Waals surface area contributed by atoms with E-state index in [1.165, 1.54) is 0 Å². The number of carbonyl (C=O) groups is 3. The van der Waals surface area contributed by atoms with Crippen molar-refractivity contribution < 1.29 is 19.1 Å². The van der Waals surface area contributed by atoms with E-state index < -0.39 is 29.3 Å². The number of nitrogens with one attached hydrogen (secondary N) is 2. The predicted molar refractivity (Wildman–Crippen MR) is 134 cm³/mol. The Morgan fingerprint density at radius 2 is 1.62 bits per heavy atom. The van der Waals surface area contributed by atoms with Gasteiger partial charge >= 0.3 is 6.09 Å². The van der Waals surface area contributed by atoms with E-state index in [9.17, 15) is 14.4 Å². The number of alkyl carbamates (subject to hydrolysis) is 1. The van der Waals surface area contributed by atoms with Gasteiger partial charge in [0.2, 0.25) is 11.8 Å². The number of carbonyl (C=O) groups excluding carboxylic acids is 3. The van der Waals surface area contributed by atoms with Crippen LogP contribution in [0.2, 0.25) is 0 Å². The molecule has 1 saturated carbocycles. The number of nitrogens with zero attached hydrogens (tertiary/aromatic N) is 1. The van der Waals surface area contributed by atoms with Gasteiger partial charge in [-0.2, -0.15) is 0 Å². The van der Waals surface area contributed by atoms with Crippen LogP contribution in [0.3, 0.4) is 0 Å². The summed E-state index contributed by atoms with van der Waals surface area (Å²) in [6, 6.07) is 4.19. The molecular formula is C27H43N3O4. The van der Waals surface area contributed by atoms with Crippen LogP contribution in [0.25, 0.3) is 0 Å². The van der Waals surface area contributed by atoms with Crippen LogP contribution in [-0.4, -0.2) is 46.0 Å². The molecule has 2 N–H and O–H groups in total. The van der Waals surface area contributed by atoms with Gasteiger partial charge in [-0.3, -0.25) is 9.59 Å². The Bertz CT molecular complexity index is 907. The molecule has 7 heteroatoms. The molecule has 0 bridgehead atoms. The molecule has 0 radical (unpaired) electrons. The number of amides is 3. The molecular weight excluding hydrogens is 430 g/mol. The van der Waals surface area contributed by atoms with Crippen LogP contribution < -0.4 is 10.6 Å². The van der Waals surface area contributed by atoms with E-state index in [0.717, 1.165) is 29.5 Å². The van der Waals surface area contributed by atoms with Crippen molar-refractivity contribution in [1.29, 1.82) is 0 Å². The quantitative estimate of drug-likeness (QED) is 0.595. The summed E-state index contributed by atoms with van der Waals surface area (Å²) >= 11 is 0. The average molecular weight is 474 g/mol. The molecule has 2 atom stereocenters. The maximum Gasteiger partial charge on any atom is 0.408 e. The second-order valence-corrected chi connectivity index (χ2v) is 11.8. The van der Waals surface area contributed by atoms with E-state index >= 15 is 0 Å². The first-order valence-electron chi connectivity index (χ1n) is 12.2. The average Bonchev–Trinajstić information content (AvgIpc) is 3.48. The monoisotopic (exact) mass is 473 g/mol. The molecule has 1 aromatic carbocycles. The van der Waals surface area contributed by atoms with E-state index in [4.69, 9.17) is 4.74 Å². The lowest BCUT2D eigenvalue weighted by atomic mass is 9.93. The zero-order valence-electron chi connectivity index (χ0n) is 22.5. The van der Waals surface area contributed by atoms with Crippen LogP contribution in [0.4, 0.5) is 4.79 Å². The molecule has 190 valence electrons. The third kappa shape index (κ3) is 7.47. The highest BCUT2D eigenvalue weighted by Gasteiger charge is 2.45. The normalized spacial score (nSPS) is 16.0. The van der Waals surface area contributed by atoms with Gasteiger partial charge in [0.15, 0.2) is 0 Å². The van der Waals surface area contributed by atoms with Crippen molar-refractivity contribution in [3.05, 3.63) is 34.9 Å². The Kier molecular flexibility index (Phi) is 8.43. The fourth-order valence-electron chi connectivity index (χ4n) is 3.90. The highest BCUT2D eigenvalue weighted by atomic mass is 16.6. The Balaban J connectivity index is 2.51. The summed E-state index contributed by atoms with van der Waals surface area (Å²) in [4.78, 5) is 42.0. The third-order valence-electron chi connectivity index (χ3n) is 5.77. The molecule has 2 unspecified atom stereocenters. The molecule has 1 fully saturated rings. The largest absolute Gasteiger partial charge is 0.444 e. The van der Waals surface area contributed by atoms with Gasteiger partial charge in [-0.05, 0) is 90.8 Å². The molecule has 0 saturated heterocycles. The first-order chi connectivity index (χ1) is 15.5. The fraction of sp³-hybridized carbons (Fsp3) is 0.667. The van der Waals surface area contributed by atoms with Crippen molar-refractivity contribution in [3.8, 4) is 0 Å². The highest BCUT2D eigenvalue weighted by molar-refractivity contribution is 5.93. The van der Waals surface area contributed by atoms with Crippen LogP contribution in [0.5, 0.6) is 0 Å². The Hall–Kier alpha value is -2.57. The number of hydrogen-bond donors (Lipinski definition) is 2.